The summed E-state index contributed by atoms with van der Waals surface area (Å²) in [5.74, 6) is 1.37. The summed E-state index contributed by atoms with van der Waals surface area (Å²) >= 11 is 11.8. The summed E-state index contributed by atoms with van der Waals surface area (Å²) < 4.78 is 10.7. The van der Waals surface area contributed by atoms with Crippen molar-refractivity contribution in [2.45, 2.75) is 13.1 Å². The minimum Gasteiger partial charge on any atom is -0.497 e. The number of methoxy groups -OCH3 is 2. The van der Waals surface area contributed by atoms with Crippen LogP contribution in [0.2, 0.25) is 5.02 Å². The molecule has 7 heteroatoms. The third-order valence-electron chi connectivity index (χ3n) is 4.32. The molecule has 0 spiro atoms. The second-order valence-electron chi connectivity index (χ2n) is 6.34. The van der Waals surface area contributed by atoms with E-state index in [9.17, 15) is 0 Å². The zero-order chi connectivity index (χ0) is 20.6. The summed E-state index contributed by atoms with van der Waals surface area (Å²) in [4.78, 5) is 6.27. The van der Waals surface area contributed by atoms with E-state index in [1.165, 1.54) is 0 Å². The van der Waals surface area contributed by atoms with Crippen molar-refractivity contribution in [1.29, 1.82) is 0 Å². The summed E-state index contributed by atoms with van der Waals surface area (Å²) in [5.41, 5.74) is 2.93. The van der Waals surface area contributed by atoms with Crippen LogP contribution >= 0.6 is 23.8 Å². The average molecular weight is 428 g/mol. The van der Waals surface area contributed by atoms with Gasteiger partial charge in [-0.1, -0.05) is 29.8 Å². The fourth-order valence-corrected chi connectivity index (χ4v) is 3.18. The molecule has 3 rings (SSSR count). The molecule has 0 fully saturated rings. The van der Waals surface area contributed by atoms with Crippen LogP contribution in [-0.2, 0) is 13.1 Å². The van der Waals surface area contributed by atoms with Gasteiger partial charge in [-0.15, -0.1) is 0 Å². The molecular formula is C22H22ClN3O2S. The Kier molecular flexibility index (Phi) is 7.27. The van der Waals surface area contributed by atoms with Crippen LogP contribution in [0.5, 0.6) is 11.5 Å². The van der Waals surface area contributed by atoms with Gasteiger partial charge in [-0.3, -0.25) is 4.98 Å². The number of nitrogens with zero attached hydrogens (tertiary/aromatic N) is 2. The molecule has 2 aromatic carbocycles. The van der Waals surface area contributed by atoms with Crippen LogP contribution in [0.25, 0.3) is 0 Å². The van der Waals surface area contributed by atoms with Crippen molar-refractivity contribution < 1.29 is 9.47 Å². The Balaban J connectivity index is 1.82. The van der Waals surface area contributed by atoms with E-state index in [-0.39, 0.29) is 0 Å². The first-order chi connectivity index (χ1) is 14.1. The minimum absolute atomic E-state index is 0.576. The van der Waals surface area contributed by atoms with E-state index in [1.54, 1.807) is 20.4 Å². The molecule has 0 saturated heterocycles. The van der Waals surface area contributed by atoms with E-state index in [1.807, 2.05) is 60.8 Å². The summed E-state index contributed by atoms with van der Waals surface area (Å²) in [5, 5.41) is 4.58. The molecule has 5 nitrogen and oxygen atoms in total. The molecule has 0 amide bonds. The van der Waals surface area contributed by atoms with E-state index < -0.39 is 0 Å². The van der Waals surface area contributed by atoms with Gasteiger partial charge in [0.2, 0.25) is 0 Å². The van der Waals surface area contributed by atoms with Gasteiger partial charge in [-0.2, -0.15) is 0 Å². The monoisotopic (exact) mass is 427 g/mol. The van der Waals surface area contributed by atoms with E-state index >= 15 is 0 Å². The van der Waals surface area contributed by atoms with Crippen molar-refractivity contribution in [3.8, 4) is 11.5 Å². The van der Waals surface area contributed by atoms with Gasteiger partial charge in [0.1, 0.15) is 11.5 Å². The lowest BCUT2D eigenvalue weighted by molar-refractivity contribution is 0.394. The van der Waals surface area contributed by atoms with E-state index in [0.717, 1.165) is 16.8 Å². The Hall–Kier alpha value is -2.83. The SMILES string of the molecule is COc1ccc(NC(=S)N(Cc2ccc(Cl)cc2)Cc2cccnc2)c(OC)c1. The Morgan fingerprint density at radius 2 is 1.79 bits per heavy atom. The molecule has 0 aliphatic rings. The van der Waals surface area contributed by atoms with Gasteiger partial charge in [-0.25, -0.2) is 0 Å². The predicted octanol–water partition coefficient (Wildman–Crippen LogP) is 5.15. The molecule has 0 atom stereocenters. The number of nitrogens with one attached hydrogen (secondary N) is 1. The van der Waals surface area contributed by atoms with Gasteiger partial charge in [-0.05, 0) is 53.7 Å². The first-order valence-electron chi connectivity index (χ1n) is 9.00. The predicted molar refractivity (Wildman–Crippen MR) is 121 cm³/mol. The van der Waals surface area contributed by atoms with Crippen molar-refractivity contribution in [3.63, 3.8) is 0 Å². The van der Waals surface area contributed by atoms with Crippen LogP contribution < -0.4 is 14.8 Å². The molecule has 0 radical (unpaired) electrons. The minimum atomic E-state index is 0.576. The number of benzene rings is 2. The molecule has 0 bridgehead atoms. The van der Waals surface area contributed by atoms with Crippen LogP contribution in [0.15, 0.2) is 67.0 Å². The van der Waals surface area contributed by atoms with E-state index in [2.05, 4.69) is 15.2 Å². The maximum Gasteiger partial charge on any atom is 0.174 e. The standard InChI is InChI=1S/C22H22ClN3O2S/c1-27-19-9-10-20(21(12-19)28-2)25-22(29)26(15-17-4-3-11-24-13-17)14-16-5-7-18(23)8-6-16/h3-13H,14-15H2,1-2H3,(H,25,29). The number of ether oxygens (including phenoxy) is 2. The highest BCUT2D eigenvalue weighted by molar-refractivity contribution is 7.80. The van der Waals surface area contributed by atoms with Gasteiger partial charge >= 0.3 is 0 Å². The Labute approximate surface area is 181 Å². The molecule has 0 aliphatic heterocycles. The van der Waals surface area contributed by atoms with Gasteiger partial charge in [0, 0.05) is 36.6 Å². The van der Waals surface area contributed by atoms with Crippen LogP contribution in [0.1, 0.15) is 11.1 Å². The number of halogens is 1. The third kappa shape index (κ3) is 5.82. The maximum atomic E-state index is 6.02. The second-order valence-corrected chi connectivity index (χ2v) is 7.16. The molecule has 0 saturated carbocycles. The molecule has 3 aromatic rings. The van der Waals surface area contributed by atoms with Crippen molar-refractivity contribution in [1.82, 2.24) is 9.88 Å². The third-order valence-corrected chi connectivity index (χ3v) is 4.93. The zero-order valence-corrected chi connectivity index (χ0v) is 17.8. The average Bonchev–Trinajstić information content (AvgIpc) is 2.75. The Morgan fingerprint density at radius 1 is 1.03 bits per heavy atom. The molecule has 0 aliphatic carbocycles. The fraction of sp³-hybridized carbons (Fsp3) is 0.182. The Morgan fingerprint density at radius 3 is 2.45 bits per heavy atom. The summed E-state index contributed by atoms with van der Waals surface area (Å²) in [6, 6.07) is 17.2. The first-order valence-corrected chi connectivity index (χ1v) is 9.79. The normalized spacial score (nSPS) is 10.3. The van der Waals surface area contributed by atoms with Crippen LogP contribution in [0.3, 0.4) is 0 Å². The fourth-order valence-electron chi connectivity index (χ4n) is 2.82. The summed E-state index contributed by atoms with van der Waals surface area (Å²) in [6.07, 6.45) is 3.59. The molecule has 1 N–H and O–H groups in total. The molecule has 0 unspecified atom stereocenters. The number of rotatable bonds is 7. The van der Waals surface area contributed by atoms with Crippen molar-refractivity contribution in [2.75, 3.05) is 19.5 Å². The molecule has 29 heavy (non-hydrogen) atoms. The zero-order valence-electron chi connectivity index (χ0n) is 16.3. The van der Waals surface area contributed by atoms with Crippen molar-refractivity contribution in [2.24, 2.45) is 0 Å². The lowest BCUT2D eigenvalue weighted by Crippen LogP contribution is -2.34. The molecule has 1 aromatic heterocycles. The maximum absolute atomic E-state index is 6.02. The van der Waals surface area contributed by atoms with Crippen LogP contribution in [0, 0.1) is 0 Å². The van der Waals surface area contributed by atoms with Crippen LogP contribution in [-0.4, -0.2) is 29.2 Å². The lowest BCUT2D eigenvalue weighted by atomic mass is 10.2. The van der Waals surface area contributed by atoms with Gasteiger partial charge < -0.3 is 19.7 Å². The molecular weight excluding hydrogens is 406 g/mol. The summed E-state index contributed by atoms with van der Waals surface area (Å²) in [6.45, 7) is 1.23. The highest BCUT2D eigenvalue weighted by Gasteiger charge is 2.14. The molecule has 1 heterocycles. The Bertz CT molecular complexity index is 952. The molecule has 150 valence electrons. The smallest absolute Gasteiger partial charge is 0.174 e. The number of hydrogen-bond donors (Lipinski definition) is 1. The second kappa shape index (κ2) is 10.1. The van der Waals surface area contributed by atoms with Gasteiger partial charge in [0.25, 0.3) is 0 Å². The van der Waals surface area contributed by atoms with Crippen LogP contribution in [0.4, 0.5) is 5.69 Å². The number of hydrogen-bond acceptors (Lipinski definition) is 4. The first kappa shape index (κ1) is 20.9. The highest BCUT2D eigenvalue weighted by atomic mass is 35.5. The van der Waals surface area contributed by atoms with Gasteiger partial charge in [0.15, 0.2) is 5.11 Å². The number of thiocarbonyl (C=S) groups is 1. The highest BCUT2D eigenvalue weighted by Crippen LogP contribution is 2.29. The largest absolute Gasteiger partial charge is 0.497 e. The van der Waals surface area contributed by atoms with Gasteiger partial charge in [0.05, 0.1) is 19.9 Å². The number of anilines is 1. The topological polar surface area (TPSA) is 46.6 Å². The van der Waals surface area contributed by atoms with Crippen molar-refractivity contribution in [3.05, 3.63) is 83.1 Å². The lowest BCUT2D eigenvalue weighted by Gasteiger charge is -2.26. The number of aromatic nitrogens is 1. The quantitative estimate of drug-likeness (QED) is 0.526. The summed E-state index contributed by atoms with van der Waals surface area (Å²) in [7, 11) is 3.23. The van der Waals surface area contributed by atoms with E-state index in [0.29, 0.717) is 34.7 Å². The van der Waals surface area contributed by atoms with Crippen molar-refractivity contribution >= 4 is 34.6 Å². The van der Waals surface area contributed by atoms with E-state index in [4.69, 9.17) is 33.3 Å². The number of pyridine rings is 1.